The molecule has 1 heterocycles. The van der Waals surface area contributed by atoms with E-state index in [2.05, 4.69) is 15.5 Å². The number of amides is 1. The van der Waals surface area contributed by atoms with Crippen LogP contribution in [0.3, 0.4) is 0 Å². The van der Waals surface area contributed by atoms with Crippen LogP contribution in [0.15, 0.2) is 36.7 Å². The van der Waals surface area contributed by atoms with Crippen LogP contribution >= 0.6 is 0 Å². The van der Waals surface area contributed by atoms with Crippen molar-refractivity contribution < 1.29 is 9.53 Å². The van der Waals surface area contributed by atoms with Gasteiger partial charge in [-0.15, -0.1) is 0 Å². The predicted octanol–water partition coefficient (Wildman–Crippen LogP) is 2.12. The smallest absolute Gasteiger partial charge is 0.265 e. The minimum atomic E-state index is -0.568. The largest absolute Gasteiger partial charge is 0.481 e. The molecule has 1 unspecified atom stereocenters. The molecule has 1 aromatic carbocycles. The van der Waals surface area contributed by atoms with Crippen LogP contribution in [0.1, 0.15) is 12.5 Å². The van der Waals surface area contributed by atoms with Crippen molar-refractivity contribution in [1.29, 1.82) is 0 Å². The van der Waals surface area contributed by atoms with Crippen LogP contribution in [0.5, 0.6) is 5.75 Å². The Morgan fingerprint density at radius 1 is 1.50 bits per heavy atom. The molecule has 18 heavy (non-hydrogen) atoms. The Bertz CT molecular complexity index is 523. The van der Waals surface area contributed by atoms with Gasteiger partial charge in [-0.2, -0.15) is 5.10 Å². The highest BCUT2D eigenvalue weighted by molar-refractivity contribution is 5.93. The van der Waals surface area contributed by atoms with Gasteiger partial charge in [-0.3, -0.25) is 9.89 Å². The first-order valence-electron chi connectivity index (χ1n) is 5.68. The third kappa shape index (κ3) is 3.10. The van der Waals surface area contributed by atoms with Crippen molar-refractivity contribution in [3.05, 3.63) is 42.2 Å². The van der Waals surface area contributed by atoms with Gasteiger partial charge in [0, 0.05) is 6.20 Å². The Morgan fingerprint density at radius 3 is 3.00 bits per heavy atom. The van der Waals surface area contributed by atoms with E-state index in [1.807, 2.05) is 31.2 Å². The number of ether oxygens (including phenoxy) is 1. The van der Waals surface area contributed by atoms with Crippen molar-refractivity contribution in [2.75, 3.05) is 5.32 Å². The zero-order valence-corrected chi connectivity index (χ0v) is 10.3. The number of hydrogen-bond donors (Lipinski definition) is 2. The number of hydrogen-bond acceptors (Lipinski definition) is 3. The van der Waals surface area contributed by atoms with Crippen LogP contribution in [-0.2, 0) is 4.79 Å². The minimum Gasteiger partial charge on any atom is -0.481 e. The Labute approximate surface area is 105 Å². The molecule has 2 N–H and O–H groups in total. The second-order valence-corrected chi connectivity index (χ2v) is 4.05. The monoisotopic (exact) mass is 245 g/mol. The fourth-order valence-electron chi connectivity index (χ4n) is 1.51. The summed E-state index contributed by atoms with van der Waals surface area (Å²) in [5, 5.41) is 9.07. The summed E-state index contributed by atoms with van der Waals surface area (Å²) in [4.78, 5) is 11.8. The standard InChI is InChI=1S/C13H15N3O2/c1-9-4-3-5-12(6-9)18-10(2)13(17)16-11-7-14-15-8-11/h3-8,10H,1-2H3,(H,14,15)(H,16,17). The number of aryl methyl sites for hydroxylation is 1. The molecule has 0 saturated heterocycles. The van der Waals surface area contributed by atoms with Crippen LogP contribution in [0.25, 0.3) is 0 Å². The topological polar surface area (TPSA) is 67.0 Å². The summed E-state index contributed by atoms with van der Waals surface area (Å²) in [5.74, 6) is 0.475. The van der Waals surface area contributed by atoms with E-state index < -0.39 is 6.10 Å². The van der Waals surface area contributed by atoms with Crippen molar-refractivity contribution in [3.63, 3.8) is 0 Å². The van der Waals surface area contributed by atoms with E-state index in [1.165, 1.54) is 6.20 Å². The lowest BCUT2D eigenvalue weighted by atomic mass is 10.2. The van der Waals surface area contributed by atoms with Crippen molar-refractivity contribution in [2.24, 2.45) is 0 Å². The van der Waals surface area contributed by atoms with Crippen LogP contribution in [0.4, 0.5) is 5.69 Å². The molecule has 1 atom stereocenters. The second-order valence-electron chi connectivity index (χ2n) is 4.05. The molecule has 0 aliphatic carbocycles. The first-order chi connectivity index (χ1) is 8.65. The fraction of sp³-hybridized carbons (Fsp3) is 0.231. The molecule has 1 aromatic heterocycles. The molecule has 0 spiro atoms. The van der Waals surface area contributed by atoms with E-state index >= 15 is 0 Å². The van der Waals surface area contributed by atoms with Gasteiger partial charge in [0.1, 0.15) is 5.75 Å². The zero-order chi connectivity index (χ0) is 13.0. The highest BCUT2D eigenvalue weighted by Crippen LogP contribution is 2.14. The van der Waals surface area contributed by atoms with E-state index in [9.17, 15) is 4.79 Å². The number of aromatic amines is 1. The summed E-state index contributed by atoms with van der Waals surface area (Å²) in [5.41, 5.74) is 1.72. The molecule has 5 heteroatoms. The number of rotatable bonds is 4. The molecular formula is C13H15N3O2. The number of H-pyrrole nitrogens is 1. The fourth-order valence-corrected chi connectivity index (χ4v) is 1.51. The van der Waals surface area contributed by atoms with Gasteiger partial charge >= 0.3 is 0 Å². The third-order valence-corrected chi connectivity index (χ3v) is 2.44. The highest BCUT2D eigenvalue weighted by atomic mass is 16.5. The van der Waals surface area contributed by atoms with Gasteiger partial charge in [-0.1, -0.05) is 12.1 Å². The lowest BCUT2D eigenvalue weighted by molar-refractivity contribution is -0.122. The van der Waals surface area contributed by atoms with E-state index in [0.717, 1.165) is 5.56 Å². The van der Waals surface area contributed by atoms with Crippen molar-refractivity contribution in [3.8, 4) is 5.75 Å². The van der Waals surface area contributed by atoms with Crippen LogP contribution in [0, 0.1) is 6.92 Å². The van der Waals surface area contributed by atoms with E-state index in [1.54, 1.807) is 13.1 Å². The second kappa shape index (κ2) is 5.35. The Hall–Kier alpha value is -2.30. The van der Waals surface area contributed by atoms with Crippen molar-refractivity contribution in [2.45, 2.75) is 20.0 Å². The first-order valence-corrected chi connectivity index (χ1v) is 5.68. The summed E-state index contributed by atoms with van der Waals surface area (Å²) in [6.45, 7) is 3.68. The van der Waals surface area contributed by atoms with Gasteiger partial charge < -0.3 is 10.1 Å². The van der Waals surface area contributed by atoms with E-state index in [0.29, 0.717) is 11.4 Å². The van der Waals surface area contributed by atoms with Gasteiger partial charge in [0.2, 0.25) is 0 Å². The molecule has 0 radical (unpaired) electrons. The summed E-state index contributed by atoms with van der Waals surface area (Å²) in [6.07, 6.45) is 2.58. The lowest BCUT2D eigenvalue weighted by Crippen LogP contribution is -2.30. The molecule has 2 aromatic rings. The summed E-state index contributed by atoms with van der Waals surface area (Å²) < 4.78 is 5.56. The average molecular weight is 245 g/mol. The Balaban J connectivity index is 1.95. The van der Waals surface area contributed by atoms with Crippen molar-refractivity contribution >= 4 is 11.6 Å². The molecule has 2 rings (SSSR count). The van der Waals surface area contributed by atoms with Crippen molar-refractivity contribution in [1.82, 2.24) is 10.2 Å². The summed E-state index contributed by atoms with van der Waals surface area (Å²) >= 11 is 0. The van der Waals surface area contributed by atoms with Gasteiger partial charge in [0.15, 0.2) is 6.10 Å². The van der Waals surface area contributed by atoms with Gasteiger partial charge in [-0.05, 0) is 31.5 Å². The van der Waals surface area contributed by atoms with E-state index in [4.69, 9.17) is 4.74 Å². The maximum atomic E-state index is 11.8. The molecule has 0 bridgehead atoms. The number of nitrogens with zero attached hydrogens (tertiary/aromatic N) is 1. The number of benzene rings is 1. The number of anilines is 1. The molecule has 1 amide bonds. The maximum Gasteiger partial charge on any atom is 0.265 e. The quantitative estimate of drug-likeness (QED) is 0.867. The first kappa shape index (κ1) is 12.2. The maximum absolute atomic E-state index is 11.8. The minimum absolute atomic E-state index is 0.210. The number of carbonyl (C=O) groups excluding carboxylic acids is 1. The number of nitrogens with one attached hydrogen (secondary N) is 2. The molecule has 94 valence electrons. The number of aromatic nitrogens is 2. The third-order valence-electron chi connectivity index (χ3n) is 2.44. The molecule has 0 saturated carbocycles. The number of carbonyl (C=O) groups is 1. The van der Waals surface area contributed by atoms with Gasteiger partial charge in [-0.25, -0.2) is 0 Å². The normalized spacial score (nSPS) is 11.9. The molecule has 0 aliphatic heterocycles. The van der Waals surface area contributed by atoms with E-state index in [-0.39, 0.29) is 5.91 Å². The predicted molar refractivity (Wildman–Crippen MR) is 68.5 cm³/mol. The SMILES string of the molecule is Cc1cccc(OC(C)C(=O)Nc2cn[nH]c2)c1. The molecule has 5 nitrogen and oxygen atoms in total. The molecule has 0 aliphatic rings. The van der Waals surface area contributed by atoms with Crippen LogP contribution in [0.2, 0.25) is 0 Å². The zero-order valence-electron chi connectivity index (χ0n) is 10.3. The van der Waals surface area contributed by atoms with Gasteiger partial charge in [0.25, 0.3) is 5.91 Å². The van der Waals surface area contributed by atoms with Crippen LogP contribution in [-0.4, -0.2) is 22.2 Å². The highest BCUT2D eigenvalue weighted by Gasteiger charge is 2.15. The van der Waals surface area contributed by atoms with Crippen LogP contribution < -0.4 is 10.1 Å². The Morgan fingerprint density at radius 2 is 2.33 bits per heavy atom. The lowest BCUT2D eigenvalue weighted by Gasteiger charge is -2.14. The van der Waals surface area contributed by atoms with Gasteiger partial charge in [0.05, 0.1) is 11.9 Å². The Kier molecular flexibility index (Phi) is 3.62. The molecule has 0 fully saturated rings. The summed E-state index contributed by atoms with van der Waals surface area (Å²) in [6, 6.07) is 7.59. The molecular weight excluding hydrogens is 230 g/mol. The summed E-state index contributed by atoms with van der Waals surface area (Å²) in [7, 11) is 0. The average Bonchev–Trinajstić information content (AvgIpc) is 2.81.